The maximum atomic E-state index is 13.4. The summed E-state index contributed by atoms with van der Waals surface area (Å²) in [5, 5.41) is 11.3. The number of carbonyl (C=O) groups excluding carboxylic acids is 2. The number of carboxylic acid groups (broad SMARTS) is 1. The number of ether oxygens (including phenoxy) is 1. The van der Waals surface area contributed by atoms with E-state index in [4.69, 9.17) is 4.74 Å². The smallest absolute Gasteiger partial charge is 0.259 e. The lowest BCUT2D eigenvalue weighted by Crippen LogP contribution is -2.31. The van der Waals surface area contributed by atoms with Gasteiger partial charge in [-0.2, -0.15) is 0 Å². The fourth-order valence-corrected chi connectivity index (χ4v) is 4.22. The molecule has 6 heteroatoms. The average molecular weight is 390 g/mol. The third kappa shape index (κ3) is 3.34. The molecule has 0 radical (unpaired) electrons. The molecule has 0 saturated carbocycles. The first kappa shape index (κ1) is 18.1. The Morgan fingerprint density at radius 3 is 2.64 bits per heavy atom. The number of nitrogens with zero attached hydrogens (tertiary/aromatic N) is 1. The van der Waals surface area contributed by atoms with Crippen LogP contribution in [0.25, 0.3) is 0 Å². The molecule has 0 aliphatic carbocycles. The zero-order chi connectivity index (χ0) is 19.7. The standard InChI is InChI=1S/C22H17NO4S/c1-27-16-6-4-5-14(11-16)13-23-18-7-2-3-8-20(18)28-19-10-9-15(22(25)26)12-17(19)21(23)24/h2-12H,13H2,1H3,(H,25,26)/p-1. The fraction of sp³-hybridized carbons (Fsp3) is 0.0909. The van der Waals surface area contributed by atoms with Crippen molar-refractivity contribution in [2.45, 2.75) is 16.3 Å². The van der Waals surface area contributed by atoms with Gasteiger partial charge in [0.05, 0.1) is 30.9 Å². The summed E-state index contributed by atoms with van der Waals surface area (Å²) in [5.41, 5.74) is 2.03. The first-order chi connectivity index (χ1) is 13.6. The molecule has 0 N–H and O–H groups in total. The number of para-hydroxylation sites is 1. The number of aromatic carboxylic acids is 1. The van der Waals surface area contributed by atoms with Crippen molar-refractivity contribution in [3.05, 3.63) is 83.4 Å². The monoisotopic (exact) mass is 390 g/mol. The number of methoxy groups -OCH3 is 1. The van der Waals surface area contributed by atoms with E-state index in [1.807, 2.05) is 48.5 Å². The van der Waals surface area contributed by atoms with Gasteiger partial charge in [-0.15, -0.1) is 0 Å². The Balaban J connectivity index is 1.82. The number of benzene rings is 3. The van der Waals surface area contributed by atoms with E-state index in [0.29, 0.717) is 17.9 Å². The van der Waals surface area contributed by atoms with Crippen molar-refractivity contribution in [3.8, 4) is 5.75 Å². The van der Waals surface area contributed by atoms with Gasteiger partial charge >= 0.3 is 0 Å². The molecule has 0 spiro atoms. The Labute approximate surface area is 166 Å². The molecule has 0 saturated heterocycles. The van der Waals surface area contributed by atoms with E-state index in [-0.39, 0.29) is 11.5 Å². The summed E-state index contributed by atoms with van der Waals surface area (Å²) in [7, 11) is 1.60. The highest BCUT2D eigenvalue weighted by molar-refractivity contribution is 7.99. The first-order valence-electron chi connectivity index (χ1n) is 8.64. The quantitative estimate of drug-likeness (QED) is 0.683. The molecule has 0 atom stereocenters. The van der Waals surface area contributed by atoms with Gasteiger partial charge in [-0.1, -0.05) is 42.1 Å². The number of carbonyl (C=O) groups is 2. The molecule has 0 aromatic heterocycles. The van der Waals surface area contributed by atoms with Gasteiger partial charge in [-0.3, -0.25) is 4.79 Å². The van der Waals surface area contributed by atoms with Crippen LogP contribution >= 0.6 is 11.8 Å². The number of hydrogen-bond donors (Lipinski definition) is 0. The molecular formula is C22H16NO4S-. The lowest BCUT2D eigenvalue weighted by Gasteiger charge is -2.23. The Kier molecular flexibility index (Phi) is 4.79. The minimum absolute atomic E-state index is 0.0139. The Morgan fingerprint density at radius 1 is 1.04 bits per heavy atom. The van der Waals surface area contributed by atoms with E-state index < -0.39 is 5.97 Å². The summed E-state index contributed by atoms with van der Waals surface area (Å²) >= 11 is 1.45. The maximum absolute atomic E-state index is 13.4. The molecular weight excluding hydrogens is 374 g/mol. The van der Waals surface area contributed by atoms with Crippen molar-refractivity contribution in [2.75, 3.05) is 12.0 Å². The molecule has 1 heterocycles. The molecule has 5 nitrogen and oxygen atoms in total. The number of amides is 1. The Morgan fingerprint density at radius 2 is 1.86 bits per heavy atom. The predicted molar refractivity (Wildman–Crippen MR) is 105 cm³/mol. The number of carboxylic acids is 1. The molecule has 4 rings (SSSR count). The van der Waals surface area contributed by atoms with Gasteiger partial charge in [-0.25, -0.2) is 0 Å². The van der Waals surface area contributed by atoms with Crippen LogP contribution in [0.15, 0.2) is 76.5 Å². The Bertz CT molecular complexity index is 1080. The van der Waals surface area contributed by atoms with Gasteiger partial charge in [0.25, 0.3) is 5.91 Å². The number of anilines is 1. The largest absolute Gasteiger partial charge is 0.545 e. The van der Waals surface area contributed by atoms with E-state index in [0.717, 1.165) is 21.0 Å². The zero-order valence-electron chi connectivity index (χ0n) is 15.0. The number of rotatable bonds is 4. The highest BCUT2D eigenvalue weighted by Gasteiger charge is 2.27. The molecule has 0 fully saturated rings. The van der Waals surface area contributed by atoms with Crippen LogP contribution in [0.4, 0.5) is 5.69 Å². The molecule has 1 amide bonds. The van der Waals surface area contributed by atoms with Gasteiger partial charge in [0.15, 0.2) is 0 Å². The van der Waals surface area contributed by atoms with E-state index in [1.165, 1.54) is 23.9 Å². The van der Waals surface area contributed by atoms with Gasteiger partial charge in [0.1, 0.15) is 5.75 Å². The normalized spacial score (nSPS) is 12.8. The van der Waals surface area contributed by atoms with Crippen LogP contribution in [0, 0.1) is 0 Å². The maximum Gasteiger partial charge on any atom is 0.259 e. The van der Waals surface area contributed by atoms with E-state index >= 15 is 0 Å². The van der Waals surface area contributed by atoms with Crippen LogP contribution in [0.2, 0.25) is 0 Å². The molecule has 1 aliphatic heterocycles. The molecule has 0 bridgehead atoms. The van der Waals surface area contributed by atoms with Crippen molar-refractivity contribution in [1.29, 1.82) is 0 Å². The summed E-state index contributed by atoms with van der Waals surface area (Å²) in [5.74, 6) is -0.845. The third-order valence-corrected chi connectivity index (χ3v) is 5.68. The van der Waals surface area contributed by atoms with Crippen molar-refractivity contribution < 1.29 is 19.4 Å². The highest BCUT2D eigenvalue weighted by Crippen LogP contribution is 2.42. The Hall–Kier alpha value is -3.25. The lowest BCUT2D eigenvalue weighted by molar-refractivity contribution is -0.255. The lowest BCUT2D eigenvalue weighted by atomic mass is 10.1. The summed E-state index contributed by atoms with van der Waals surface area (Å²) in [6, 6.07) is 19.7. The van der Waals surface area contributed by atoms with E-state index in [1.54, 1.807) is 18.1 Å². The summed E-state index contributed by atoms with van der Waals surface area (Å²) in [6.45, 7) is 0.336. The van der Waals surface area contributed by atoms with Crippen LogP contribution < -0.4 is 14.7 Å². The third-order valence-electron chi connectivity index (χ3n) is 4.54. The van der Waals surface area contributed by atoms with Crippen molar-refractivity contribution in [2.24, 2.45) is 0 Å². The van der Waals surface area contributed by atoms with Gasteiger partial charge in [0, 0.05) is 9.79 Å². The second-order valence-corrected chi connectivity index (χ2v) is 7.39. The van der Waals surface area contributed by atoms with Gasteiger partial charge < -0.3 is 19.5 Å². The number of hydrogen-bond acceptors (Lipinski definition) is 5. The fourth-order valence-electron chi connectivity index (χ4n) is 3.16. The topological polar surface area (TPSA) is 69.7 Å². The predicted octanol–water partition coefficient (Wildman–Crippen LogP) is 3.37. The van der Waals surface area contributed by atoms with Crippen molar-refractivity contribution in [3.63, 3.8) is 0 Å². The number of fused-ring (bicyclic) bond motifs is 2. The van der Waals surface area contributed by atoms with Crippen molar-refractivity contribution in [1.82, 2.24) is 0 Å². The summed E-state index contributed by atoms with van der Waals surface area (Å²) in [6.07, 6.45) is 0. The van der Waals surface area contributed by atoms with E-state index in [2.05, 4.69) is 0 Å². The summed E-state index contributed by atoms with van der Waals surface area (Å²) < 4.78 is 5.28. The molecule has 28 heavy (non-hydrogen) atoms. The molecule has 1 aliphatic rings. The van der Waals surface area contributed by atoms with Crippen molar-refractivity contribution >= 4 is 29.3 Å². The molecule has 140 valence electrons. The summed E-state index contributed by atoms with van der Waals surface area (Å²) in [4.78, 5) is 28.0. The van der Waals surface area contributed by atoms with Crippen LogP contribution in [0.5, 0.6) is 5.75 Å². The average Bonchev–Trinajstić information content (AvgIpc) is 2.83. The molecule has 0 unspecified atom stereocenters. The van der Waals surface area contributed by atoms with Crippen LogP contribution in [0.3, 0.4) is 0 Å². The van der Waals surface area contributed by atoms with Gasteiger partial charge in [-0.05, 0) is 47.5 Å². The molecule has 3 aromatic rings. The van der Waals surface area contributed by atoms with Crippen LogP contribution in [-0.4, -0.2) is 19.0 Å². The van der Waals surface area contributed by atoms with Gasteiger partial charge in [0.2, 0.25) is 0 Å². The SMILES string of the molecule is COc1cccc(CN2C(=O)c3cc(C(=O)[O-])ccc3Sc3ccccc32)c1. The highest BCUT2D eigenvalue weighted by atomic mass is 32.2. The van der Waals surface area contributed by atoms with Crippen LogP contribution in [0.1, 0.15) is 26.3 Å². The minimum Gasteiger partial charge on any atom is -0.545 e. The second-order valence-electron chi connectivity index (χ2n) is 6.31. The molecule has 3 aromatic carbocycles. The minimum atomic E-state index is -1.30. The zero-order valence-corrected chi connectivity index (χ0v) is 15.9. The first-order valence-corrected chi connectivity index (χ1v) is 9.45. The second kappa shape index (κ2) is 7.40. The van der Waals surface area contributed by atoms with E-state index in [9.17, 15) is 14.7 Å². The van der Waals surface area contributed by atoms with Crippen LogP contribution in [-0.2, 0) is 6.54 Å².